The molecule has 1 aliphatic heterocycles. The smallest absolute Gasteiger partial charge is 0.270 e. The van der Waals surface area contributed by atoms with E-state index in [0.717, 1.165) is 29.3 Å². The number of piperidine rings is 1. The Balaban J connectivity index is 1.38. The molecule has 0 spiro atoms. The molecule has 0 saturated carbocycles. The zero-order valence-electron chi connectivity index (χ0n) is 15.5. The number of nitrogens with zero attached hydrogens (tertiary/aromatic N) is 1. The van der Waals surface area contributed by atoms with E-state index in [9.17, 15) is 14.0 Å². The zero-order chi connectivity index (χ0) is 19.5. The highest BCUT2D eigenvalue weighted by Crippen LogP contribution is 2.21. The fraction of sp³-hybridized carbons (Fsp3) is 0.273. The van der Waals surface area contributed by atoms with Crippen molar-refractivity contribution in [3.05, 3.63) is 71.7 Å². The monoisotopic (exact) mass is 379 g/mol. The van der Waals surface area contributed by atoms with Gasteiger partial charge in [-0.05, 0) is 42.7 Å². The lowest BCUT2D eigenvalue weighted by molar-refractivity contribution is -0.126. The fourth-order valence-electron chi connectivity index (χ4n) is 3.67. The number of aromatic nitrogens is 1. The number of carbonyl (C=O) groups is 2. The number of para-hydroxylation sites is 1. The maximum absolute atomic E-state index is 13.0. The number of carbonyl (C=O) groups excluding carboxylic acids is 2. The molecule has 4 rings (SSSR count). The van der Waals surface area contributed by atoms with Crippen LogP contribution in [0.3, 0.4) is 0 Å². The van der Waals surface area contributed by atoms with Gasteiger partial charge in [0.2, 0.25) is 5.91 Å². The minimum atomic E-state index is -0.298. The van der Waals surface area contributed by atoms with Gasteiger partial charge >= 0.3 is 0 Å². The third kappa shape index (κ3) is 3.91. The fourth-order valence-corrected chi connectivity index (χ4v) is 3.67. The molecule has 0 unspecified atom stereocenters. The number of rotatable bonds is 4. The number of likely N-dealkylation sites (tertiary alicyclic amines) is 1. The molecule has 1 atom stereocenters. The van der Waals surface area contributed by atoms with Crippen molar-refractivity contribution in [2.45, 2.75) is 19.4 Å². The van der Waals surface area contributed by atoms with Gasteiger partial charge in [0, 0.05) is 30.5 Å². The zero-order valence-corrected chi connectivity index (χ0v) is 15.5. The second kappa shape index (κ2) is 7.84. The Morgan fingerprint density at radius 1 is 1.14 bits per heavy atom. The van der Waals surface area contributed by atoms with Gasteiger partial charge < -0.3 is 15.2 Å². The van der Waals surface area contributed by atoms with Crippen LogP contribution >= 0.6 is 0 Å². The quantitative estimate of drug-likeness (QED) is 0.729. The third-order valence-electron chi connectivity index (χ3n) is 5.22. The molecule has 1 fully saturated rings. The van der Waals surface area contributed by atoms with E-state index in [1.165, 1.54) is 12.1 Å². The van der Waals surface area contributed by atoms with Gasteiger partial charge in [0.05, 0.1) is 5.92 Å². The van der Waals surface area contributed by atoms with Crippen LogP contribution in [0, 0.1) is 11.7 Å². The average Bonchev–Trinajstić information content (AvgIpc) is 3.17. The normalized spacial score (nSPS) is 16.9. The summed E-state index contributed by atoms with van der Waals surface area (Å²) in [7, 11) is 0. The predicted octanol–water partition coefficient (Wildman–Crippen LogP) is 3.48. The lowest BCUT2D eigenvalue weighted by Gasteiger charge is -2.31. The molecule has 5 nitrogen and oxygen atoms in total. The van der Waals surface area contributed by atoms with Gasteiger partial charge in [0.15, 0.2) is 0 Å². The largest absolute Gasteiger partial charge is 0.352 e. The van der Waals surface area contributed by atoms with Gasteiger partial charge in [-0.15, -0.1) is 0 Å². The molecule has 2 heterocycles. The highest BCUT2D eigenvalue weighted by Gasteiger charge is 2.29. The van der Waals surface area contributed by atoms with Gasteiger partial charge in [-0.1, -0.05) is 30.3 Å². The molecule has 2 N–H and O–H groups in total. The third-order valence-corrected chi connectivity index (χ3v) is 5.22. The van der Waals surface area contributed by atoms with Gasteiger partial charge in [0.1, 0.15) is 11.5 Å². The highest BCUT2D eigenvalue weighted by atomic mass is 19.1. The van der Waals surface area contributed by atoms with Crippen LogP contribution < -0.4 is 5.32 Å². The molecule has 1 aliphatic rings. The number of hydrogen-bond donors (Lipinski definition) is 2. The molecule has 2 aromatic carbocycles. The maximum Gasteiger partial charge on any atom is 0.270 e. The van der Waals surface area contributed by atoms with Crippen LogP contribution in [0.4, 0.5) is 4.39 Å². The molecular formula is C22H22FN3O2. The summed E-state index contributed by atoms with van der Waals surface area (Å²) in [6, 6.07) is 15.7. The summed E-state index contributed by atoms with van der Waals surface area (Å²) < 4.78 is 13.0. The van der Waals surface area contributed by atoms with Gasteiger partial charge in [-0.25, -0.2) is 4.39 Å². The van der Waals surface area contributed by atoms with Crippen molar-refractivity contribution in [2.24, 2.45) is 5.92 Å². The van der Waals surface area contributed by atoms with Crippen LogP contribution in [0.15, 0.2) is 54.6 Å². The second-order valence-corrected chi connectivity index (χ2v) is 7.20. The summed E-state index contributed by atoms with van der Waals surface area (Å²) in [4.78, 5) is 30.3. The van der Waals surface area contributed by atoms with Crippen molar-refractivity contribution in [1.82, 2.24) is 15.2 Å². The number of nitrogens with one attached hydrogen (secondary N) is 2. The Morgan fingerprint density at radius 3 is 2.71 bits per heavy atom. The molecule has 6 heteroatoms. The van der Waals surface area contributed by atoms with E-state index in [4.69, 9.17) is 0 Å². The van der Waals surface area contributed by atoms with Crippen LogP contribution in [-0.4, -0.2) is 34.8 Å². The Kier molecular flexibility index (Phi) is 5.10. The summed E-state index contributed by atoms with van der Waals surface area (Å²) in [6.07, 6.45) is 1.55. The number of hydrogen-bond acceptors (Lipinski definition) is 2. The van der Waals surface area contributed by atoms with Gasteiger partial charge in [-0.2, -0.15) is 0 Å². The van der Waals surface area contributed by atoms with Crippen molar-refractivity contribution >= 4 is 22.7 Å². The summed E-state index contributed by atoms with van der Waals surface area (Å²) in [5, 5.41) is 3.90. The van der Waals surface area contributed by atoms with Crippen LogP contribution in [0.25, 0.3) is 10.9 Å². The minimum Gasteiger partial charge on any atom is -0.352 e. The van der Waals surface area contributed by atoms with Crippen molar-refractivity contribution in [3.63, 3.8) is 0 Å². The van der Waals surface area contributed by atoms with E-state index in [2.05, 4.69) is 10.3 Å². The predicted molar refractivity (Wildman–Crippen MR) is 105 cm³/mol. The molecule has 1 saturated heterocycles. The molecule has 1 aromatic heterocycles. The Labute approximate surface area is 162 Å². The summed E-state index contributed by atoms with van der Waals surface area (Å²) in [5.41, 5.74) is 2.32. The van der Waals surface area contributed by atoms with Crippen molar-refractivity contribution in [1.29, 1.82) is 0 Å². The number of halogens is 1. The molecule has 0 aliphatic carbocycles. The Hall–Kier alpha value is -3.15. The first-order valence-electron chi connectivity index (χ1n) is 9.49. The van der Waals surface area contributed by atoms with E-state index >= 15 is 0 Å². The number of H-pyrrole nitrogens is 1. The van der Waals surface area contributed by atoms with Crippen LogP contribution in [0.1, 0.15) is 28.9 Å². The first-order valence-corrected chi connectivity index (χ1v) is 9.49. The standard InChI is InChI=1S/C22H22FN3O2/c23-18-9-7-15(8-10-18)13-24-21(27)17-5-3-11-26(14-17)22(28)20-12-16-4-1-2-6-19(16)25-20/h1-2,4,6-10,12,17,25H,3,5,11,13-14H2,(H,24,27)/t17-/m1/s1. The summed E-state index contributed by atoms with van der Waals surface area (Å²) in [6.45, 7) is 1.41. The molecule has 144 valence electrons. The molecule has 3 aromatic rings. The summed E-state index contributed by atoms with van der Waals surface area (Å²) >= 11 is 0. The van der Waals surface area contributed by atoms with E-state index in [0.29, 0.717) is 25.3 Å². The number of fused-ring (bicyclic) bond motifs is 1. The molecule has 28 heavy (non-hydrogen) atoms. The van der Waals surface area contributed by atoms with Crippen molar-refractivity contribution in [2.75, 3.05) is 13.1 Å². The highest BCUT2D eigenvalue weighted by molar-refractivity contribution is 5.98. The number of aromatic amines is 1. The first-order chi connectivity index (χ1) is 13.6. The number of benzene rings is 2. The second-order valence-electron chi connectivity index (χ2n) is 7.20. The summed E-state index contributed by atoms with van der Waals surface area (Å²) in [5.74, 6) is -0.679. The number of amides is 2. The molecular weight excluding hydrogens is 357 g/mol. The van der Waals surface area contributed by atoms with E-state index < -0.39 is 0 Å². The lowest BCUT2D eigenvalue weighted by atomic mass is 9.96. The van der Waals surface area contributed by atoms with Crippen LogP contribution in [0.5, 0.6) is 0 Å². The van der Waals surface area contributed by atoms with Gasteiger partial charge in [0.25, 0.3) is 5.91 Å². The average molecular weight is 379 g/mol. The molecule has 2 amide bonds. The molecule has 0 bridgehead atoms. The van der Waals surface area contributed by atoms with Crippen molar-refractivity contribution < 1.29 is 14.0 Å². The van der Waals surface area contributed by atoms with Crippen molar-refractivity contribution in [3.8, 4) is 0 Å². The van der Waals surface area contributed by atoms with Crippen LogP contribution in [-0.2, 0) is 11.3 Å². The Morgan fingerprint density at radius 2 is 1.93 bits per heavy atom. The van der Waals surface area contributed by atoms with E-state index in [-0.39, 0.29) is 23.5 Å². The molecule has 0 radical (unpaired) electrons. The van der Waals surface area contributed by atoms with E-state index in [1.54, 1.807) is 17.0 Å². The SMILES string of the molecule is O=C(NCc1ccc(F)cc1)[C@@H]1CCCN(C(=O)c2cc3ccccc3[nH]2)C1. The maximum atomic E-state index is 13.0. The topological polar surface area (TPSA) is 65.2 Å². The minimum absolute atomic E-state index is 0.0709. The van der Waals surface area contributed by atoms with Crippen LogP contribution in [0.2, 0.25) is 0 Å². The van der Waals surface area contributed by atoms with E-state index in [1.807, 2.05) is 30.3 Å². The lowest BCUT2D eigenvalue weighted by Crippen LogP contribution is -2.45. The first kappa shape index (κ1) is 18.2. The van der Waals surface area contributed by atoms with Gasteiger partial charge in [-0.3, -0.25) is 9.59 Å². The Bertz CT molecular complexity index is 963.